The van der Waals surface area contributed by atoms with E-state index < -0.39 is 5.41 Å². The number of nitrogens with zero attached hydrogens (tertiary/aromatic N) is 1. The van der Waals surface area contributed by atoms with Crippen molar-refractivity contribution < 1.29 is 4.42 Å². The van der Waals surface area contributed by atoms with Crippen LogP contribution in [0, 0.1) is 12.1 Å². The first-order valence-electron chi connectivity index (χ1n) is 19.5. The molecule has 0 saturated carbocycles. The summed E-state index contributed by atoms with van der Waals surface area (Å²) in [6, 6.07) is 79.5. The van der Waals surface area contributed by atoms with Crippen molar-refractivity contribution in [1.29, 1.82) is 0 Å². The molecule has 12 rings (SSSR count). The van der Waals surface area contributed by atoms with E-state index in [2.05, 4.69) is 205 Å². The number of hydrogen-bond donors (Lipinski definition) is 0. The van der Waals surface area contributed by atoms with Crippen molar-refractivity contribution in [3.63, 3.8) is 0 Å². The Bertz CT molecular complexity index is 3080. The largest absolute Gasteiger partial charge is 0.455 e. The highest BCUT2D eigenvalue weighted by atomic mass is 16.3. The molecule has 1 aromatic heterocycles. The van der Waals surface area contributed by atoms with Crippen molar-refractivity contribution in [3.05, 3.63) is 235 Å². The van der Waals surface area contributed by atoms with Gasteiger partial charge in [-0.1, -0.05) is 164 Å². The van der Waals surface area contributed by atoms with Crippen molar-refractivity contribution >= 4 is 39.0 Å². The Kier molecular flexibility index (Phi) is 6.79. The summed E-state index contributed by atoms with van der Waals surface area (Å²) < 4.78 is 6.73. The van der Waals surface area contributed by atoms with Crippen LogP contribution in [-0.4, -0.2) is 0 Å². The van der Waals surface area contributed by atoms with Gasteiger partial charge < -0.3 is 9.32 Å². The molecule has 0 radical (unpaired) electrons. The maximum absolute atomic E-state index is 6.73. The monoisotopic (exact) mass is 723 g/mol. The Hall–Kier alpha value is -7.60. The molecule has 0 fully saturated rings. The van der Waals surface area contributed by atoms with Crippen LogP contribution in [0.2, 0.25) is 0 Å². The first-order valence-corrected chi connectivity index (χ1v) is 19.5. The van der Waals surface area contributed by atoms with Crippen LogP contribution in [-0.2, 0) is 5.41 Å². The SMILES string of the molecule is c1c2c(c3oc4ccccc4c3c#1)-c1ccccc1C21c2ccccc2-c2ccc(N(c3ccc(-c4ccccc4)cc3)c3ccc(-c4ccccc4)cc3)cc21. The van der Waals surface area contributed by atoms with Crippen molar-refractivity contribution in [1.82, 2.24) is 0 Å². The molecule has 1 spiro atoms. The van der Waals surface area contributed by atoms with Crippen LogP contribution in [0.5, 0.6) is 0 Å². The second-order valence-corrected chi connectivity index (χ2v) is 15.0. The van der Waals surface area contributed by atoms with E-state index in [0.29, 0.717) is 0 Å². The summed E-state index contributed by atoms with van der Waals surface area (Å²) >= 11 is 0. The molecule has 1 unspecified atom stereocenters. The van der Waals surface area contributed by atoms with Crippen LogP contribution in [0.1, 0.15) is 22.3 Å². The van der Waals surface area contributed by atoms with E-state index in [9.17, 15) is 0 Å². The lowest BCUT2D eigenvalue weighted by molar-refractivity contribution is 0.669. The number of hydrogen-bond acceptors (Lipinski definition) is 2. The van der Waals surface area contributed by atoms with Crippen molar-refractivity contribution in [2.24, 2.45) is 0 Å². The molecular formula is C55H33NO. The van der Waals surface area contributed by atoms with E-state index in [1.54, 1.807) is 0 Å². The second-order valence-electron chi connectivity index (χ2n) is 15.0. The Morgan fingerprint density at radius 3 is 1.58 bits per heavy atom. The van der Waals surface area contributed by atoms with Crippen LogP contribution in [0.3, 0.4) is 0 Å². The quantitative estimate of drug-likeness (QED) is 0.176. The lowest BCUT2D eigenvalue weighted by Crippen LogP contribution is -2.26. The van der Waals surface area contributed by atoms with Gasteiger partial charge >= 0.3 is 0 Å². The molecule has 264 valence electrons. The minimum atomic E-state index is -0.614. The fourth-order valence-electron chi connectivity index (χ4n) is 9.63. The molecule has 0 N–H and O–H groups in total. The molecule has 2 aliphatic carbocycles. The number of benzene rings is 8. The lowest BCUT2D eigenvalue weighted by atomic mass is 9.71. The molecular weight excluding hydrogens is 691 g/mol. The van der Waals surface area contributed by atoms with Crippen LogP contribution in [0.25, 0.3) is 66.4 Å². The fraction of sp³-hybridized carbons (Fsp3) is 0.0182. The summed E-state index contributed by atoms with van der Waals surface area (Å²) in [7, 11) is 0. The fourth-order valence-corrected chi connectivity index (χ4v) is 9.63. The number of fused-ring (bicyclic) bond motifs is 14. The average Bonchev–Trinajstić information content (AvgIpc) is 3.92. The molecule has 0 amide bonds. The van der Waals surface area contributed by atoms with Crippen molar-refractivity contribution in [2.45, 2.75) is 5.41 Å². The van der Waals surface area contributed by atoms with E-state index in [4.69, 9.17) is 4.42 Å². The van der Waals surface area contributed by atoms with Crippen molar-refractivity contribution in [3.8, 4) is 44.5 Å². The maximum atomic E-state index is 6.73. The molecule has 2 heteroatoms. The van der Waals surface area contributed by atoms with Crippen LogP contribution >= 0.6 is 0 Å². The Labute approximate surface area is 331 Å². The zero-order chi connectivity index (χ0) is 37.5. The van der Waals surface area contributed by atoms with Gasteiger partial charge in [0.05, 0.1) is 10.8 Å². The van der Waals surface area contributed by atoms with E-state index in [1.165, 1.54) is 55.6 Å². The summed E-state index contributed by atoms with van der Waals surface area (Å²) in [4.78, 5) is 2.39. The molecule has 2 aliphatic rings. The average molecular weight is 724 g/mol. The zero-order valence-corrected chi connectivity index (χ0v) is 30.9. The third kappa shape index (κ3) is 4.55. The van der Waals surface area contributed by atoms with Gasteiger partial charge in [-0.2, -0.15) is 0 Å². The smallest absolute Gasteiger partial charge is 0.152 e. The van der Waals surface area contributed by atoms with Crippen LogP contribution in [0.4, 0.5) is 17.1 Å². The molecule has 9 aromatic carbocycles. The molecule has 10 aromatic rings. The summed E-state index contributed by atoms with van der Waals surface area (Å²) in [6.07, 6.45) is 0. The van der Waals surface area contributed by atoms with Crippen LogP contribution < -0.4 is 4.90 Å². The van der Waals surface area contributed by atoms with Crippen LogP contribution in [0.15, 0.2) is 205 Å². The van der Waals surface area contributed by atoms with Crippen molar-refractivity contribution in [2.75, 3.05) is 4.90 Å². The normalized spacial score (nSPS) is 14.6. The molecule has 57 heavy (non-hydrogen) atoms. The molecule has 2 nitrogen and oxygen atoms in total. The second kappa shape index (κ2) is 12.2. The minimum Gasteiger partial charge on any atom is -0.455 e. The van der Waals surface area contributed by atoms with Gasteiger partial charge in [0.25, 0.3) is 0 Å². The highest BCUT2D eigenvalue weighted by Gasteiger charge is 2.53. The van der Waals surface area contributed by atoms with Gasteiger partial charge in [-0.3, -0.25) is 0 Å². The Morgan fingerprint density at radius 2 is 0.912 bits per heavy atom. The summed E-state index contributed by atoms with van der Waals surface area (Å²) in [5, 5.41) is 2.03. The van der Waals surface area contributed by atoms with E-state index in [-0.39, 0.29) is 0 Å². The van der Waals surface area contributed by atoms with Gasteiger partial charge in [0.1, 0.15) is 5.58 Å². The summed E-state index contributed by atoms with van der Waals surface area (Å²) in [6.45, 7) is 0. The van der Waals surface area contributed by atoms with Gasteiger partial charge in [-0.15, -0.1) is 0 Å². The Balaban J connectivity index is 1.09. The highest BCUT2D eigenvalue weighted by Crippen LogP contribution is 2.64. The van der Waals surface area contributed by atoms with Gasteiger partial charge in [0.2, 0.25) is 0 Å². The van der Waals surface area contributed by atoms with E-state index >= 15 is 0 Å². The van der Waals surface area contributed by atoms with Gasteiger partial charge in [-0.05, 0) is 104 Å². The molecule has 1 heterocycles. The highest BCUT2D eigenvalue weighted by molar-refractivity contribution is 6.12. The molecule has 0 bridgehead atoms. The van der Waals surface area contributed by atoms with E-state index in [0.717, 1.165) is 50.1 Å². The first-order chi connectivity index (χ1) is 28.3. The Morgan fingerprint density at radius 1 is 0.404 bits per heavy atom. The maximum Gasteiger partial charge on any atom is 0.152 e. The summed E-state index contributed by atoms with van der Waals surface area (Å²) in [5.41, 5.74) is 18.7. The number of furan rings is 1. The van der Waals surface area contributed by atoms with Gasteiger partial charge in [0, 0.05) is 33.6 Å². The first kappa shape index (κ1) is 31.7. The van der Waals surface area contributed by atoms with Gasteiger partial charge in [-0.25, -0.2) is 0 Å². The number of para-hydroxylation sites is 1. The topological polar surface area (TPSA) is 16.4 Å². The third-order valence-electron chi connectivity index (χ3n) is 12.1. The lowest BCUT2D eigenvalue weighted by Gasteiger charge is -2.31. The molecule has 0 saturated heterocycles. The molecule has 1 atom stereocenters. The standard InChI is InChI=1S/C55H33NO/c1-3-13-36(14-4-1)38-23-27-40(28-24-38)56(41-29-25-39(26-30-41)37-15-5-2-6-16-37)42-31-32-44-43-17-7-10-20-48(43)55(51(44)35-42)49-21-11-8-19-47(49)53-50(55)34-33-46-45-18-9-12-22-52(45)57-54(46)53/h1-32,35H. The summed E-state index contributed by atoms with van der Waals surface area (Å²) in [5.74, 6) is 0. The zero-order valence-electron chi connectivity index (χ0n) is 30.9. The number of rotatable bonds is 5. The number of anilines is 3. The predicted molar refractivity (Wildman–Crippen MR) is 233 cm³/mol. The molecule has 0 aliphatic heterocycles. The minimum absolute atomic E-state index is 0.614. The predicted octanol–water partition coefficient (Wildman–Crippen LogP) is 14.3. The van der Waals surface area contributed by atoms with E-state index in [1.807, 2.05) is 12.1 Å². The third-order valence-corrected chi connectivity index (χ3v) is 12.1. The van der Waals surface area contributed by atoms with Gasteiger partial charge in [0.15, 0.2) is 5.58 Å².